The molecule has 148 valence electrons. The summed E-state index contributed by atoms with van der Waals surface area (Å²) in [5, 5.41) is 42.3. The lowest BCUT2D eigenvalue weighted by Gasteiger charge is -2.59. The predicted octanol–water partition coefficient (Wildman–Crippen LogP) is 0.528. The molecule has 0 aliphatic heterocycles. The third kappa shape index (κ3) is 2.21. The van der Waals surface area contributed by atoms with Crippen LogP contribution in [0.1, 0.15) is 39.5 Å². The molecule has 8 atom stereocenters. The number of carbonyl (C=O) groups is 2. The molecule has 0 bridgehead atoms. The summed E-state index contributed by atoms with van der Waals surface area (Å²) < 4.78 is 0. The predicted molar refractivity (Wildman–Crippen MR) is 96.4 cm³/mol. The molecule has 0 aromatic carbocycles. The average molecular weight is 376 g/mol. The van der Waals surface area contributed by atoms with Gasteiger partial charge in [0.2, 0.25) is 0 Å². The number of fused-ring (bicyclic) bond motifs is 5. The Morgan fingerprint density at radius 2 is 2.00 bits per heavy atom. The summed E-state index contributed by atoms with van der Waals surface area (Å²) in [5.41, 5.74) is -2.46. The number of ketones is 2. The van der Waals surface area contributed by atoms with Gasteiger partial charge in [0, 0.05) is 16.7 Å². The van der Waals surface area contributed by atoms with Crippen LogP contribution in [0.5, 0.6) is 0 Å². The normalized spacial score (nSPS) is 51.3. The van der Waals surface area contributed by atoms with E-state index < -0.39 is 41.0 Å². The van der Waals surface area contributed by atoms with E-state index in [1.807, 2.05) is 13.0 Å². The van der Waals surface area contributed by atoms with Crippen molar-refractivity contribution in [3.8, 4) is 0 Å². The quantitative estimate of drug-likeness (QED) is 0.559. The molecule has 0 radical (unpaired) electrons. The second kappa shape index (κ2) is 5.83. The lowest BCUT2D eigenvalue weighted by Crippen LogP contribution is -2.63. The van der Waals surface area contributed by atoms with Crippen LogP contribution in [0.2, 0.25) is 0 Å². The van der Waals surface area contributed by atoms with Crippen molar-refractivity contribution in [2.75, 3.05) is 6.61 Å². The fourth-order valence-corrected chi connectivity index (χ4v) is 6.96. The van der Waals surface area contributed by atoms with Gasteiger partial charge in [-0.05, 0) is 49.7 Å². The third-order valence-corrected chi connectivity index (χ3v) is 8.28. The number of rotatable bonds is 2. The molecule has 4 aliphatic rings. The SMILES string of the molecule is C[C@]12C=CC(=O)C=C1CC[C@@H]1[C@@H]2[C@@H](O)C[C@@]2(C)[C@H]1C[C@H](O)[C@]2(O)C(=O)CO. The molecule has 0 spiro atoms. The number of carbonyl (C=O) groups excluding carboxylic acids is 2. The standard InChI is InChI=1S/C21H28O6/c1-19-6-5-12(23)7-11(19)3-4-13-14-8-16(25)21(27,17(26)10-22)20(14,2)9-15(24)18(13)19/h5-7,13-16,18,22,24-25,27H,3-4,8-10H2,1-2H3/t13-,14-,15-,16-,18+,19-,20-,21-/m0/s1. The van der Waals surface area contributed by atoms with Crippen LogP contribution in [0.15, 0.2) is 23.8 Å². The number of hydrogen-bond donors (Lipinski definition) is 4. The van der Waals surface area contributed by atoms with Crippen LogP contribution in [-0.4, -0.2) is 56.4 Å². The molecule has 0 aromatic rings. The molecule has 0 heterocycles. The number of aliphatic hydroxyl groups excluding tert-OH is 3. The summed E-state index contributed by atoms with van der Waals surface area (Å²) in [6.45, 7) is 2.96. The van der Waals surface area contributed by atoms with Crippen LogP contribution in [0.4, 0.5) is 0 Å². The van der Waals surface area contributed by atoms with Crippen LogP contribution >= 0.6 is 0 Å². The van der Waals surface area contributed by atoms with Crippen LogP contribution in [0.25, 0.3) is 0 Å². The molecular formula is C21H28O6. The smallest absolute Gasteiger partial charge is 0.192 e. The summed E-state index contributed by atoms with van der Waals surface area (Å²) in [6.07, 6.45) is 4.97. The van der Waals surface area contributed by atoms with Crippen LogP contribution < -0.4 is 0 Å². The van der Waals surface area contributed by atoms with Crippen molar-refractivity contribution in [3.05, 3.63) is 23.8 Å². The summed E-state index contributed by atoms with van der Waals surface area (Å²) in [7, 11) is 0. The Morgan fingerprint density at radius 1 is 1.30 bits per heavy atom. The van der Waals surface area contributed by atoms with Gasteiger partial charge in [-0.3, -0.25) is 9.59 Å². The van der Waals surface area contributed by atoms with Gasteiger partial charge in [-0.1, -0.05) is 25.5 Å². The van der Waals surface area contributed by atoms with Gasteiger partial charge in [-0.25, -0.2) is 0 Å². The maximum Gasteiger partial charge on any atom is 0.192 e. The zero-order valence-electron chi connectivity index (χ0n) is 15.8. The van der Waals surface area contributed by atoms with Gasteiger partial charge < -0.3 is 20.4 Å². The van der Waals surface area contributed by atoms with E-state index in [1.54, 1.807) is 19.1 Å². The molecule has 4 rings (SSSR count). The number of allylic oxidation sites excluding steroid dienone is 4. The minimum absolute atomic E-state index is 0.00826. The van der Waals surface area contributed by atoms with Crippen LogP contribution in [-0.2, 0) is 9.59 Å². The fraction of sp³-hybridized carbons (Fsp3) is 0.714. The van der Waals surface area contributed by atoms with Gasteiger partial charge in [-0.2, -0.15) is 0 Å². The molecule has 4 N–H and O–H groups in total. The van der Waals surface area contributed by atoms with Gasteiger partial charge in [0.25, 0.3) is 0 Å². The summed E-state index contributed by atoms with van der Waals surface area (Å²) in [4.78, 5) is 24.2. The first kappa shape index (κ1) is 19.0. The van der Waals surface area contributed by atoms with Crippen molar-refractivity contribution in [2.24, 2.45) is 28.6 Å². The Kier molecular flexibility index (Phi) is 4.10. The van der Waals surface area contributed by atoms with Crippen molar-refractivity contribution in [1.82, 2.24) is 0 Å². The van der Waals surface area contributed by atoms with E-state index in [-0.39, 0.29) is 36.4 Å². The van der Waals surface area contributed by atoms with Gasteiger partial charge in [0.1, 0.15) is 6.61 Å². The maximum absolute atomic E-state index is 12.4. The zero-order valence-corrected chi connectivity index (χ0v) is 15.8. The largest absolute Gasteiger partial charge is 0.393 e. The van der Waals surface area contributed by atoms with E-state index in [0.29, 0.717) is 0 Å². The second-order valence-electron chi connectivity index (χ2n) is 9.31. The lowest BCUT2D eigenvalue weighted by atomic mass is 9.46. The van der Waals surface area contributed by atoms with Crippen molar-refractivity contribution in [3.63, 3.8) is 0 Å². The molecule has 0 unspecified atom stereocenters. The van der Waals surface area contributed by atoms with E-state index in [1.165, 1.54) is 0 Å². The van der Waals surface area contributed by atoms with Gasteiger partial charge >= 0.3 is 0 Å². The Morgan fingerprint density at radius 3 is 2.67 bits per heavy atom. The summed E-state index contributed by atoms with van der Waals surface area (Å²) in [5.74, 6) is -1.09. The second-order valence-corrected chi connectivity index (χ2v) is 9.31. The lowest BCUT2D eigenvalue weighted by molar-refractivity contribution is -0.190. The molecule has 6 heteroatoms. The van der Waals surface area contributed by atoms with E-state index in [4.69, 9.17) is 0 Å². The molecule has 3 fully saturated rings. The van der Waals surface area contributed by atoms with E-state index in [2.05, 4.69) is 0 Å². The van der Waals surface area contributed by atoms with Crippen molar-refractivity contribution in [2.45, 2.75) is 57.3 Å². The molecule has 3 saturated carbocycles. The molecule has 0 saturated heterocycles. The van der Waals surface area contributed by atoms with E-state index in [0.717, 1.165) is 18.4 Å². The topological polar surface area (TPSA) is 115 Å². The summed E-state index contributed by atoms with van der Waals surface area (Å²) >= 11 is 0. The molecule has 4 aliphatic carbocycles. The van der Waals surface area contributed by atoms with E-state index in [9.17, 15) is 30.0 Å². The maximum atomic E-state index is 12.4. The Bertz CT molecular complexity index is 756. The number of aliphatic hydroxyl groups is 4. The first-order valence-electron chi connectivity index (χ1n) is 9.76. The molecule has 27 heavy (non-hydrogen) atoms. The van der Waals surface area contributed by atoms with Gasteiger partial charge in [-0.15, -0.1) is 0 Å². The molecule has 6 nitrogen and oxygen atoms in total. The number of hydrogen-bond acceptors (Lipinski definition) is 6. The zero-order chi connectivity index (χ0) is 19.8. The highest BCUT2D eigenvalue weighted by molar-refractivity contribution is 6.01. The van der Waals surface area contributed by atoms with Crippen molar-refractivity contribution >= 4 is 11.6 Å². The van der Waals surface area contributed by atoms with Crippen molar-refractivity contribution < 1.29 is 30.0 Å². The highest BCUT2D eigenvalue weighted by Crippen LogP contribution is 2.67. The highest BCUT2D eigenvalue weighted by Gasteiger charge is 2.71. The van der Waals surface area contributed by atoms with E-state index >= 15 is 0 Å². The van der Waals surface area contributed by atoms with Crippen LogP contribution in [0, 0.1) is 28.6 Å². The van der Waals surface area contributed by atoms with Crippen molar-refractivity contribution in [1.29, 1.82) is 0 Å². The Labute approximate surface area is 158 Å². The monoisotopic (exact) mass is 376 g/mol. The fourth-order valence-electron chi connectivity index (χ4n) is 6.96. The Balaban J connectivity index is 1.78. The third-order valence-electron chi connectivity index (χ3n) is 8.28. The average Bonchev–Trinajstić information content (AvgIpc) is 2.82. The minimum atomic E-state index is -2.05. The first-order chi connectivity index (χ1) is 12.6. The van der Waals surface area contributed by atoms with Gasteiger partial charge in [0.05, 0.1) is 12.2 Å². The highest BCUT2D eigenvalue weighted by atomic mass is 16.4. The molecule has 0 aromatic heterocycles. The summed E-state index contributed by atoms with van der Waals surface area (Å²) in [6, 6.07) is 0. The molecular weight excluding hydrogens is 348 g/mol. The Hall–Kier alpha value is -1.34. The van der Waals surface area contributed by atoms with Crippen LogP contribution in [0.3, 0.4) is 0 Å². The minimum Gasteiger partial charge on any atom is -0.393 e. The van der Waals surface area contributed by atoms with Gasteiger partial charge in [0.15, 0.2) is 17.2 Å². The number of Topliss-reactive ketones (excluding diaryl/α,β-unsaturated/α-hetero) is 1. The molecule has 0 amide bonds. The first-order valence-corrected chi connectivity index (χ1v) is 9.76.